The first-order chi connectivity index (χ1) is 15.4. The second-order valence-corrected chi connectivity index (χ2v) is 15.5. The van der Waals surface area contributed by atoms with Crippen LogP contribution in [-0.2, 0) is 4.79 Å². The zero-order valence-electron chi connectivity index (χ0n) is 23.1. The van der Waals surface area contributed by atoms with Gasteiger partial charge in [0.2, 0.25) is 0 Å². The Hall–Kier alpha value is -0.330. The molecule has 0 radical (unpaired) electrons. The Bertz CT molecular complexity index is 768. The summed E-state index contributed by atoms with van der Waals surface area (Å²) >= 11 is 0. The van der Waals surface area contributed by atoms with E-state index in [0.717, 1.165) is 54.6 Å². The summed E-state index contributed by atoms with van der Waals surface area (Å²) in [6, 6.07) is 0. The van der Waals surface area contributed by atoms with Crippen molar-refractivity contribution in [2.75, 3.05) is 0 Å². The molecular formula is C32H54O. The maximum Gasteiger partial charge on any atom is 0.120 e. The topological polar surface area (TPSA) is 17.1 Å². The van der Waals surface area contributed by atoms with Crippen molar-refractivity contribution in [2.45, 2.75) is 132 Å². The standard InChI is InChI=1S/C32H54O/c1-22(10-8-21-33)23-13-18-29(4)24(23)14-19-31(6)26(29)11-12-27-30(5)17-9-16-28(2,3)25(30)15-20-32(27,31)7/h21-27H,8-20H2,1-7H3. The molecule has 5 saturated carbocycles. The van der Waals surface area contributed by atoms with Crippen molar-refractivity contribution in [3.8, 4) is 0 Å². The molecule has 0 aromatic rings. The van der Waals surface area contributed by atoms with Crippen LogP contribution in [0.25, 0.3) is 0 Å². The van der Waals surface area contributed by atoms with Crippen molar-refractivity contribution in [2.24, 2.45) is 62.6 Å². The van der Waals surface area contributed by atoms with Gasteiger partial charge in [-0.3, -0.25) is 0 Å². The molecule has 0 aromatic heterocycles. The average molecular weight is 455 g/mol. The van der Waals surface area contributed by atoms with Crippen LogP contribution in [0.2, 0.25) is 0 Å². The summed E-state index contributed by atoms with van der Waals surface area (Å²) in [6.07, 6.45) is 19.1. The highest BCUT2D eigenvalue weighted by molar-refractivity contribution is 5.49. The third kappa shape index (κ3) is 3.18. The quantitative estimate of drug-likeness (QED) is 0.387. The summed E-state index contributed by atoms with van der Waals surface area (Å²) in [5, 5.41) is 0. The van der Waals surface area contributed by atoms with Gasteiger partial charge in [-0.15, -0.1) is 0 Å². The fourth-order valence-electron chi connectivity index (χ4n) is 12.6. The van der Waals surface area contributed by atoms with Crippen LogP contribution in [0.5, 0.6) is 0 Å². The average Bonchev–Trinajstić information content (AvgIpc) is 3.09. The summed E-state index contributed by atoms with van der Waals surface area (Å²) in [7, 11) is 0. The van der Waals surface area contributed by atoms with E-state index in [1.807, 2.05) is 0 Å². The zero-order valence-corrected chi connectivity index (χ0v) is 23.1. The van der Waals surface area contributed by atoms with Gasteiger partial charge in [-0.05, 0) is 133 Å². The zero-order chi connectivity index (χ0) is 23.9. The first-order valence-corrected chi connectivity index (χ1v) is 14.9. The minimum absolute atomic E-state index is 0.512. The predicted octanol–water partition coefficient (Wildman–Crippen LogP) is 9.09. The SMILES string of the molecule is CC(CCC=O)C1CCC2(C)C1CCC1(C)C2CCC2C3(C)CCCC(C)(C)C3CCC21C. The molecule has 188 valence electrons. The molecule has 0 spiro atoms. The van der Waals surface area contributed by atoms with Gasteiger partial charge in [-0.2, -0.15) is 0 Å². The lowest BCUT2D eigenvalue weighted by atomic mass is 9.32. The van der Waals surface area contributed by atoms with E-state index in [4.69, 9.17) is 0 Å². The molecule has 0 saturated heterocycles. The lowest BCUT2D eigenvalue weighted by molar-refractivity contribution is -0.241. The number of carbonyl (C=O) groups excluding carboxylic acids is 1. The first-order valence-electron chi connectivity index (χ1n) is 14.9. The van der Waals surface area contributed by atoms with Crippen LogP contribution in [-0.4, -0.2) is 6.29 Å². The van der Waals surface area contributed by atoms with Gasteiger partial charge in [-0.25, -0.2) is 0 Å². The molecule has 10 atom stereocenters. The van der Waals surface area contributed by atoms with Gasteiger partial charge in [0.15, 0.2) is 0 Å². The van der Waals surface area contributed by atoms with Crippen molar-refractivity contribution in [3.05, 3.63) is 0 Å². The number of fused-ring (bicyclic) bond motifs is 7. The number of aldehydes is 1. The Balaban J connectivity index is 1.45. The van der Waals surface area contributed by atoms with Crippen molar-refractivity contribution in [1.82, 2.24) is 0 Å². The van der Waals surface area contributed by atoms with Gasteiger partial charge in [-0.1, -0.05) is 54.9 Å². The van der Waals surface area contributed by atoms with Gasteiger partial charge in [0, 0.05) is 6.42 Å². The van der Waals surface area contributed by atoms with Crippen molar-refractivity contribution in [3.63, 3.8) is 0 Å². The molecule has 0 aliphatic heterocycles. The summed E-state index contributed by atoms with van der Waals surface area (Å²) < 4.78 is 0. The molecule has 5 aliphatic rings. The number of rotatable bonds is 4. The Morgan fingerprint density at radius 3 is 2.03 bits per heavy atom. The molecule has 10 unspecified atom stereocenters. The van der Waals surface area contributed by atoms with Crippen LogP contribution < -0.4 is 0 Å². The normalized spacial score (nSPS) is 53.8. The van der Waals surface area contributed by atoms with E-state index in [0.29, 0.717) is 27.1 Å². The second kappa shape index (κ2) is 7.83. The largest absolute Gasteiger partial charge is 0.303 e. The Morgan fingerprint density at radius 1 is 0.727 bits per heavy atom. The highest BCUT2D eigenvalue weighted by atomic mass is 16.1. The summed E-state index contributed by atoms with van der Waals surface area (Å²) in [5.41, 5.74) is 2.65. The van der Waals surface area contributed by atoms with Gasteiger partial charge in [0.05, 0.1) is 0 Å². The molecule has 0 aromatic carbocycles. The third-order valence-electron chi connectivity index (χ3n) is 14.2. The molecule has 0 N–H and O–H groups in total. The molecule has 1 heteroatoms. The van der Waals surface area contributed by atoms with E-state index in [9.17, 15) is 4.79 Å². The molecule has 5 rings (SSSR count). The van der Waals surface area contributed by atoms with Crippen LogP contribution >= 0.6 is 0 Å². The maximum absolute atomic E-state index is 11.0. The number of carbonyl (C=O) groups is 1. The van der Waals surface area contributed by atoms with Crippen molar-refractivity contribution >= 4 is 6.29 Å². The van der Waals surface area contributed by atoms with Crippen molar-refractivity contribution in [1.29, 1.82) is 0 Å². The fraction of sp³-hybridized carbons (Fsp3) is 0.969. The van der Waals surface area contributed by atoms with Crippen LogP contribution in [0.15, 0.2) is 0 Å². The van der Waals surface area contributed by atoms with E-state index in [2.05, 4.69) is 48.5 Å². The van der Waals surface area contributed by atoms with E-state index < -0.39 is 0 Å². The minimum atomic E-state index is 0.512. The monoisotopic (exact) mass is 454 g/mol. The highest BCUT2D eigenvalue weighted by Crippen LogP contribution is 2.78. The summed E-state index contributed by atoms with van der Waals surface area (Å²) in [5.74, 6) is 5.24. The van der Waals surface area contributed by atoms with E-state index >= 15 is 0 Å². The van der Waals surface area contributed by atoms with Gasteiger partial charge in [0.1, 0.15) is 6.29 Å². The molecule has 33 heavy (non-hydrogen) atoms. The minimum Gasteiger partial charge on any atom is -0.303 e. The lowest BCUT2D eigenvalue weighted by Crippen LogP contribution is -2.65. The van der Waals surface area contributed by atoms with E-state index in [1.165, 1.54) is 70.6 Å². The molecule has 0 bridgehead atoms. The summed E-state index contributed by atoms with van der Waals surface area (Å²) in [4.78, 5) is 11.0. The van der Waals surface area contributed by atoms with Gasteiger partial charge >= 0.3 is 0 Å². The second-order valence-electron chi connectivity index (χ2n) is 15.5. The molecule has 5 aliphatic carbocycles. The smallest absolute Gasteiger partial charge is 0.120 e. The van der Waals surface area contributed by atoms with Crippen LogP contribution in [0.3, 0.4) is 0 Å². The third-order valence-corrected chi connectivity index (χ3v) is 14.2. The molecular weight excluding hydrogens is 400 g/mol. The van der Waals surface area contributed by atoms with E-state index in [-0.39, 0.29) is 0 Å². The molecule has 0 heterocycles. The molecule has 1 nitrogen and oxygen atoms in total. The van der Waals surface area contributed by atoms with E-state index in [1.54, 1.807) is 0 Å². The number of hydrogen-bond acceptors (Lipinski definition) is 1. The molecule has 0 amide bonds. The fourth-order valence-corrected chi connectivity index (χ4v) is 12.6. The summed E-state index contributed by atoms with van der Waals surface area (Å²) in [6.45, 7) is 18.7. The first kappa shape index (κ1) is 24.4. The maximum atomic E-state index is 11.0. The predicted molar refractivity (Wildman–Crippen MR) is 139 cm³/mol. The number of hydrogen-bond donors (Lipinski definition) is 0. The van der Waals surface area contributed by atoms with Crippen LogP contribution in [0.4, 0.5) is 0 Å². The van der Waals surface area contributed by atoms with Crippen LogP contribution in [0.1, 0.15) is 132 Å². The van der Waals surface area contributed by atoms with Gasteiger partial charge in [0.25, 0.3) is 0 Å². The van der Waals surface area contributed by atoms with Crippen LogP contribution in [0, 0.1) is 62.6 Å². The Morgan fingerprint density at radius 2 is 1.36 bits per heavy atom. The van der Waals surface area contributed by atoms with Gasteiger partial charge < -0.3 is 4.79 Å². The lowest BCUT2D eigenvalue weighted by Gasteiger charge is -2.73. The van der Waals surface area contributed by atoms with Crippen molar-refractivity contribution < 1.29 is 4.79 Å². The highest BCUT2D eigenvalue weighted by Gasteiger charge is 2.70. The molecule has 5 fully saturated rings. The Labute approximate surface area is 205 Å². The Kier molecular flexibility index (Phi) is 5.78.